The molecule has 0 N–H and O–H groups in total. The Kier molecular flexibility index (Phi) is 8.49. The second-order valence-corrected chi connectivity index (χ2v) is 8.36. The lowest BCUT2D eigenvalue weighted by molar-refractivity contribution is -0.274. The van der Waals surface area contributed by atoms with Crippen LogP contribution in [0.1, 0.15) is 31.5 Å². The molecule has 1 aliphatic heterocycles. The Hall–Kier alpha value is -3.14. The van der Waals surface area contributed by atoms with E-state index < -0.39 is 12.5 Å². The summed E-state index contributed by atoms with van der Waals surface area (Å²) in [5.41, 5.74) is 1.45. The standard InChI is InChI=1S/C24H28F3N3O4/c1-17(2)30-14-21(33-16-18-6-9-20(10-7-18)34-24(25,26)27)13-29(15-23(30)32)22(31)11-8-19-5-3-4-12-28-19/h3-7,9-10,12,17,21H,8,11,13-16H2,1-2H3/t21-/m0/s1. The Morgan fingerprint density at radius 3 is 2.50 bits per heavy atom. The fourth-order valence-electron chi connectivity index (χ4n) is 3.68. The normalized spacial score (nSPS) is 17.1. The van der Waals surface area contributed by atoms with Gasteiger partial charge >= 0.3 is 6.36 Å². The van der Waals surface area contributed by atoms with Crippen molar-refractivity contribution in [2.24, 2.45) is 0 Å². The third kappa shape index (κ3) is 7.72. The Labute approximate surface area is 196 Å². The fourth-order valence-corrected chi connectivity index (χ4v) is 3.68. The summed E-state index contributed by atoms with van der Waals surface area (Å²) >= 11 is 0. The van der Waals surface area contributed by atoms with E-state index in [2.05, 4.69) is 9.72 Å². The Bertz CT molecular complexity index is 952. The molecule has 1 aromatic carbocycles. The van der Waals surface area contributed by atoms with Crippen LogP contribution in [0.25, 0.3) is 0 Å². The van der Waals surface area contributed by atoms with Crippen molar-refractivity contribution in [1.82, 2.24) is 14.8 Å². The number of halogens is 3. The summed E-state index contributed by atoms with van der Waals surface area (Å²) in [4.78, 5) is 33.1. The average molecular weight is 479 g/mol. The molecule has 34 heavy (non-hydrogen) atoms. The van der Waals surface area contributed by atoms with Crippen LogP contribution in [0.2, 0.25) is 0 Å². The first-order valence-electron chi connectivity index (χ1n) is 11.0. The van der Waals surface area contributed by atoms with Crippen LogP contribution < -0.4 is 4.74 Å². The SMILES string of the molecule is CC(C)N1C[C@@H](OCc2ccc(OC(F)(F)F)cc2)CN(C(=O)CCc2ccccn2)CC1=O. The van der Waals surface area contributed by atoms with Crippen LogP contribution in [0.3, 0.4) is 0 Å². The highest BCUT2D eigenvalue weighted by molar-refractivity contribution is 5.85. The zero-order chi connectivity index (χ0) is 24.7. The molecule has 2 aromatic rings. The quantitative estimate of drug-likeness (QED) is 0.579. The van der Waals surface area contributed by atoms with Gasteiger partial charge in [-0.25, -0.2) is 0 Å². The molecular formula is C24H28F3N3O4. The van der Waals surface area contributed by atoms with E-state index in [0.29, 0.717) is 18.5 Å². The molecule has 0 radical (unpaired) electrons. The molecule has 1 fully saturated rings. The van der Waals surface area contributed by atoms with Crippen molar-refractivity contribution in [1.29, 1.82) is 0 Å². The molecule has 1 aliphatic rings. The molecule has 0 spiro atoms. The Morgan fingerprint density at radius 1 is 1.15 bits per heavy atom. The first-order valence-corrected chi connectivity index (χ1v) is 11.0. The molecule has 10 heteroatoms. The lowest BCUT2D eigenvalue weighted by atomic mass is 10.2. The molecule has 7 nitrogen and oxygen atoms in total. The van der Waals surface area contributed by atoms with Gasteiger partial charge in [0.1, 0.15) is 5.75 Å². The molecule has 2 amide bonds. The minimum atomic E-state index is -4.75. The molecule has 0 saturated carbocycles. The number of aromatic nitrogens is 1. The molecule has 2 heterocycles. The number of rotatable bonds is 8. The largest absolute Gasteiger partial charge is 0.573 e. The fraction of sp³-hybridized carbons (Fsp3) is 0.458. The van der Waals surface area contributed by atoms with E-state index in [1.54, 1.807) is 17.2 Å². The zero-order valence-corrected chi connectivity index (χ0v) is 19.1. The van der Waals surface area contributed by atoms with Crippen molar-refractivity contribution in [2.45, 2.75) is 51.8 Å². The van der Waals surface area contributed by atoms with E-state index in [1.807, 2.05) is 26.0 Å². The lowest BCUT2D eigenvalue weighted by Gasteiger charge is -2.27. The molecule has 1 aromatic heterocycles. The second kappa shape index (κ2) is 11.3. The summed E-state index contributed by atoms with van der Waals surface area (Å²) in [6.45, 7) is 4.44. The predicted molar refractivity (Wildman–Crippen MR) is 118 cm³/mol. The maximum Gasteiger partial charge on any atom is 0.573 e. The van der Waals surface area contributed by atoms with Crippen molar-refractivity contribution in [3.63, 3.8) is 0 Å². The number of benzene rings is 1. The van der Waals surface area contributed by atoms with Gasteiger partial charge in [0.15, 0.2) is 0 Å². The molecule has 0 aliphatic carbocycles. The summed E-state index contributed by atoms with van der Waals surface area (Å²) in [6.07, 6.45) is -2.84. The number of hydrogen-bond acceptors (Lipinski definition) is 5. The van der Waals surface area contributed by atoms with Gasteiger partial charge in [0, 0.05) is 37.4 Å². The Morgan fingerprint density at radius 2 is 1.88 bits per heavy atom. The van der Waals surface area contributed by atoms with Crippen molar-refractivity contribution in [3.8, 4) is 5.75 Å². The number of nitrogens with zero attached hydrogens (tertiary/aromatic N) is 3. The van der Waals surface area contributed by atoms with Crippen LogP contribution in [0, 0.1) is 0 Å². The highest BCUT2D eigenvalue weighted by Gasteiger charge is 2.32. The highest BCUT2D eigenvalue weighted by Crippen LogP contribution is 2.23. The summed E-state index contributed by atoms with van der Waals surface area (Å²) in [5.74, 6) is -0.625. The molecule has 1 atom stereocenters. The van der Waals surface area contributed by atoms with E-state index in [9.17, 15) is 22.8 Å². The summed E-state index contributed by atoms with van der Waals surface area (Å²) < 4.78 is 46.9. The van der Waals surface area contributed by atoms with Crippen LogP contribution in [-0.4, -0.2) is 64.7 Å². The smallest absolute Gasteiger partial charge is 0.406 e. The summed E-state index contributed by atoms with van der Waals surface area (Å²) in [7, 11) is 0. The molecule has 184 valence electrons. The van der Waals surface area contributed by atoms with Gasteiger partial charge in [0.2, 0.25) is 11.8 Å². The van der Waals surface area contributed by atoms with E-state index in [0.717, 1.165) is 5.69 Å². The van der Waals surface area contributed by atoms with E-state index in [4.69, 9.17) is 4.74 Å². The third-order valence-electron chi connectivity index (χ3n) is 5.41. The van der Waals surface area contributed by atoms with E-state index >= 15 is 0 Å². The van der Waals surface area contributed by atoms with Crippen LogP contribution in [0.5, 0.6) is 5.75 Å². The van der Waals surface area contributed by atoms with Crippen molar-refractivity contribution in [2.75, 3.05) is 19.6 Å². The van der Waals surface area contributed by atoms with Crippen molar-refractivity contribution < 1.29 is 32.2 Å². The molecule has 0 unspecified atom stereocenters. The highest BCUT2D eigenvalue weighted by atomic mass is 19.4. The number of ether oxygens (including phenoxy) is 2. The summed E-state index contributed by atoms with van der Waals surface area (Å²) in [6, 6.07) is 10.8. The van der Waals surface area contributed by atoms with Gasteiger partial charge in [-0.05, 0) is 50.1 Å². The van der Waals surface area contributed by atoms with Gasteiger partial charge in [0.25, 0.3) is 0 Å². The van der Waals surface area contributed by atoms with Crippen LogP contribution >= 0.6 is 0 Å². The van der Waals surface area contributed by atoms with Gasteiger partial charge in [0.05, 0.1) is 19.3 Å². The molecule has 0 bridgehead atoms. The predicted octanol–water partition coefficient (Wildman–Crippen LogP) is 3.58. The zero-order valence-electron chi connectivity index (χ0n) is 19.1. The minimum absolute atomic E-state index is 0.0252. The number of carbonyl (C=O) groups is 2. The van der Waals surface area contributed by atoms with Crippen molar-refractivity contribution >= 4 is 11.8 Å². The van der Waals surface area contributed by atoms with Crippen LogP contribution in [0.4, 0.5) is 13.2 Å². The van der Waals surface area contributed by atoms with E-state index in [-0.39, 0.29) is 49.7 Å². The van der Waals surface area contributed by atoms with Gasteiger partial charge < -0.3 is 19.3 Å². The van der Waals surface area contributed by atoms with Gasteiger partial charge in [-0.3, -0.25) is 14.6 Å². The second-order valence-electron chi connectivity index (χ2n) is 8.36. The molecule has 3 rings (SSSR count). The lowest BCUT2D eigenvalue weighted by Crippen LogP contribution is -2.42. The Balaban J connectivity index is 1.63. The first kappa shape index (κ1) is 25.5. The average Bonchev–Trinajstić information content (AvgIpc) is 2.95. The minimum Gasteiger partial charge on any atom is -0.406 e. The molecular weight excluding hydrogens is 451 g/mol. The topological polar surface area (TPSA) is 72.0 Å². The van der Waals surface area contributed by atoms with Crippen molar-refractivity contribution in [3.05, 3.63) is 59.9 Å². The van der Waals surface area contributed by atoms with Gasteiger partial charge in [-0.2, -0.15) is 0 Å². The first-order chi connectivity index (χ1) is 16.1. The monoisotopic (exact) mass is 479 g/mol. The molecule has 1 saturated heterocycles. The number of alkyl halides is 3. The van der Waals surface area contributed by atoms with Gasteiger partial charge in [-0.1, -0.05) is 18.2 Å². The number of aryl methyl sites for hydroxylation is 1. The van der Waals surface area contributed by atoms with Gasteiger partial charge in [-0.15, -0.1) is 13.2 Å². The third-order valence-corrected chi connectivity index (χ3v) is 5.41. The number of carbonyl (C=O) groups excluding carboxylic acids is 2. The number of hydrogen-bond donors (Lipinski definition) is 0. The maximum atomic E-state index is 12.9. The van der Waals surface area contributed by atoms with E-state index in [1.165, 1.54) is 29.2 Å². The van der Waals surface area contributed by atoms with Crippen LogP contribution in [-0.2, 0) is 27.4 Å². The number of amides is 2. The van der Waals surface area contributed by atoms with Crippen LogP contribution in [0.15, 0.2) is 48.7 Å². The maximum absolute atomic E-state index is 12.9. The number of pyridine rings is 1. The summed E-state index contributed by atoms with van der Waals surface area (Å²) in [5, 5.41) is 0.